The summed E-state index contributed by atoms with van der Waals surface area (Å²) in [5, 5.41) is 14.6. The van der Waals surface area contributed by atoms with Gasteiger partial charge in [-0.3, -0.25) is 14.2 Å². The van der Waals surface area contributed by atoms with Gasteiger partial charge in [-0.25, -0.2) is 9.78 Å². The van der Waals surface area contributed by atoms with Gasteiger partial charge in [0.05, 0.1) is 29.5 Å². The number of nitrogen functional groups attached to an aromatic ring is 1. The van der Waals surface area contributed by atoms with Gasteiger partial charge in [0.25, 0.3) is 5.56 Å². The third kappa shape index (κ3) is 6.86. The van der Waals surface area contributed by atoms with Crippen LogP contribution < -0.4 is 21.9 Å². The quantitative estimate of drug-likeness (QED) is 0.286. The number of halogens is 1. The van der Waals surface area contributed by atoms with Crippen LogP contribution in [0, 0.1) is 11.3 Å². The van der Waals surface area contributed by atoms with E-state index in [9.17, 15) is 14.4 Å². The van der Waals surface area contributed by atoms with Crippen LogP contribution in [0.5, 0.6) is 0 Å². The van der Waals surface area contributed by atoms with Crippen LogP contribution in [0.15, 0.2) is 47.3 Å². The van der Waals surface area contributed by atoms with Gasteiger partial charge in [0, 0.05) is 23.8 Å². The number of carbonyl (C=O) groups is 2. The fourth-order valence-corrected chi connectivity index (χ4v) is 3.85. The summed E-state index contributed by atoms with van der Waals surface area (Å²) in [6.07, 6.45) is 0. The van der Waals surface area contributed by atoms with Crippen LogP contribution in [-0.2, 0) is 22.6 Å². The predicted molar refractivity (Wildman–Crippen MR) is 141 cm³/mol. The summed E-state index contributed by atoms with van der Waals surface area (Å²) >= 11 is 6.53. The molecular formula is C26H27ClN6O4. The highest BCUT2D eigenvalue weighted by molar-refractivity contribution is 6.32. The number of anilines is 2. The van der Waals surface area contributed by atoms with Crippen molar-refractivity contribution < 1.29 is 14.3 Å². The minimum absolute atomic E-state index is 0.0156. The molecule has 0 atom stereocenters. The molecule has 4 N–H and O–H groups in total. The van der Waals surface area contributed by atoms with Gasteiger partial charge in [0.1, 0.15) is 6.54 Å². The molecule has 2 aromatic carbocycles. The molecule has 3 rings (SSSR count). The standard InChI is InChI=1S/C26H27ClN6O4/c1-4-37-26(36)19-9-18(10-20(29)11-19)22-23(27)32-24(31-15(2)3)25(35)33(22)14-21(34)30-13-17-7-5-16(12-28)6-8-17/h5-11,15H,4,13-14,29H2,1-3H3,(H,30,34)(H,31,32). The second kappa shape index (κ2) is 12.1. The first kappa shape index (κ1) is 27.2. The molecule has 0 spiro atoms. The number of nitriles is 1. The number of rotatable bonds is 9. The first-order valence-corrected chi connectivity index (χ1v) is 11.9. The molecule has 11 heteroatoms. The number of hydrogen-bond donors (Lipinski definition) is 3. The summed E-state index contributed by atoms with van der Waals surface area (Å²) in [6.45, 7) is 5.34. The minimum atomic E-state index is -0.590. The number of benzene rings is 2. The van der Waals surface area contributed by atoms with Crippen LogP contribution in [0.2, 0.25) is 5.15 Å². The van der Waals surface area contributed by atoms with E-state index in [0.29, 0.717) is 11.1 Å². The van der Waals surface area contributed by atoms with Crippen molar-refractivity contribution in [2.75, 3.05) is 17.7 Å². The molecule has 0 aliphatic heterocycles. The number of carbonyl (C=O) groups excluding carboxylic acids is 2. The van der Waals surface area contributed by atoms with E-state index in [1.807, 2.05) is 19.9 Å². The molecule has 0 fully saturated rings. The molecule has 1 heterocycles. The molecule has 0 saturated heterocycles. The molecule has 10 nitrogen and oxygen atoms in total. The first-order valence-electron chi connectivity index (χ1n) is 11.5. The lowest BCUT2D eigenvalue weighted by molar-refractivity contribution is -0.121. The number of ether oxygens (including phenoxy) is 1. The van der Waals surface area contributed by atoms with E-state index in [1.54, 1.807) is 31.2 Å². The van der Waals surface area contributed by atoms with E-state index >= 15 is 0 Å². The maximum atomic E-state index is 13.4. The summed E-state index contributed by atoms with van der Waals surface area (Å²) in [5.41, 5.74) is 7.62. The van der Waals surface area contributed by atoms with Crippen molar-refractivity contribution in [3.05, 3.63) is 74.7 Å². The SMILES string of the molecule is CCOC(=O)c1cc(N)cc(-c2c(Cl)nc(NC(C)C)c(=O)n2CC(=O)NCc2ccc(C#N)cc2)c1. The molecule has 37 heavy (non-hydrogen) atoms. The van der Waals surface area contributed by atoms with E-state index in [2.05, 4.69) is 15.6 Å². The Kier molecular flexibility index (Phi) is 8.87. The van der Waals surface area contributed by atoms with Crippen LogP contribution in [0.4, 0.5) is 11.5 Å². The molecule has 1 aromatic heterocycles. The number of nitrogens with two attached hydrogens (primary N) is 1. The number of nitrogens with one attached hydrogen (secondary N) is 2. The Morgan fingerprint density at radius 1 is 1.22 bits per heavy atom. The minimum Gasteiger partial charge on any atom is -0.462 e. The van der Waals surface area contributed by atoms with Gasteiger partial charge >= 0.3 is 5.97 Å². The van der Waals surface area contributed by atoms with Gasteiger partial charge in [-0.15, -0.1) is 0 Å². The second-order valence-electron chi connectivity index (χ2n) is 8.44. The zero-order valence-electron chi connectivity index (χ0n) is 20.7. The lowest BCUT2D eigenvalue weighted by Gasteiger charge is -2.18. The normalized spacial score (nSPS) is 10.6. The van der Waals surface area contributed by atoms with Crippen LogP contribution in [-0.4, -0.2) is 34.1 Å². The smallest absolute Gasteiger partial charge is 0.338 e. The van der Waals surface area contributed by atoms with Gasteiger partial charge in [-0.1, -0.05) is 23.7 Å². The van der Waals surface area contributed by atoms with Crippen molar-refractivity contribution >= 4 is 35.0 Å². The fourth-order valence-electron chi connectivity index (χ4n) is 3.55. The van der Waals surface area contributed by atoms with Crippen LogP contribution in [0.3, 0.4) is 0 Å². The molecule has 0 radical (unpaired) electrons. The Balaban J connectivity index is 2.02. The highest BCUT2D eigenvalue weighted by Crippen LogP contribution is 2.29. The Morgan fingerprint density at radius 2 is 1.92 bits per heavy atom. The molecule has 3 aromatic rings. The van der Waals surface area contributed by atoms with Gasteiger partial charge in [-0.2, -0.15) is 5.26 Å². The van der Waals surface area contributed by atoms with Gasteiger partial charge in [0.15, 0.2) is 11.0 Å². The average molecular weight is 523 g/mol. The third-order valence-electron chi connectivity index (χ3n) is 5.16. The number of nitrogens with zero attached hydrogens (tertiary/aromatic N) is 3. The van der Waals surface area contributed by atoms with Crippen molar-refractivity contribution in [3.8, 4) is 17.3 Å². The topological polar surface area (TPSA) is 152 Å². The Hall–Kier alpha value is -4.36. The fraction of sp³-hybridized carbons (Fsp3) is 0.269. The monoisotopic (exact) mass is 522 g/mol. The second-order valence-corrected chi connectivity index (χ2v) is 8.80. The number of aromatic nitrogens is 2. The van der Waals surface area contributed by atoms with E-state index in [0.717, 1.165) is 5.56 Å². The summed E-state index contributed by atoms with van der Waals surface area (Å²) < 4.78 is 6.26. The van der Waals surface area contributed by atoms with Gasteiger partial charge in [0.2, 0.25) is 5.91 Å². The summed E-state index contributed by atoms with van der Waals surface area (Å²) in [7, 11) is 0. The molecule has 0 aliphatic carbocycles. The van der Waals surface area contributed by atoms with E-state index < -0.39 is 17.4 Å². The Morgan fingerprint density at radius 3 is 2.54 bits per heavy atom. The van der Waals surface area contributed by atoms with Crippen molar-refractivity contribution in [2.24, 2.45) is 0 Å². The summed E-state index contributed by atoms with van der Waals surface area (Å²) in [5.74, 6) is -1.06. The van der Waals surface area contributed by atoms with Crippen LogP contribution in [0.25, 0.3) is 11.3 Å². The molecule has 192 valence electrons. The zero-order valence-corrected chi connectivity index (χ0v) is 21.4. The van der Waals surface area contributed by atoms with E-state index in [-0.39, 0.29) is 53.7 Å². The number of esters is 1. The first-order chi connectivity index (χ1) is 17.6. The third-order valence-corrected chi connectivity index (χ3v) is 5.43. The average Bonchev–Trinajstić information content (AvgIpc) is 2.85. The van der Waals surface area contributed by atoms with Gasteiger partial charge < -0.3 is 21.1 Å². The van der Waals surface area contributed by atoms with Crippen LogP contribution >= 0.6 is 11.6 Å². The molecule has 0 unspecified atom stereocenters. The predicted octanol–water partition coefficient (Wildman–Crippen LogP) is 3.33. The van der Waals surface area contributed by atoms with E-state index in [1.165, 1.54) is 22.8 Å². The van der Waals surface area contributed by atoms with Crippen molar-refractivity contribution in [3.63, 3.8) is 0 Å². The summed E-state index contributed by atoms with van der Waals surface area (Å²) in [4.78, 5) is 42.9. The van der Waals surface area contributed by atoms with Crippen LogP contribution in [0.1, 0.15) is 42.3 Å². The molecule has 0 aliphatic rings. The van der Waals surface area contributed by atoms with Crippen molar-refractivity contribution in [1.29, 1.82) is 5.26 Å². The van der Waals surface area contributed by atoms with Crippen molar-refractivity contribution in [2.45, 2.75) is 39.9 Å². The molecule has 1 amide bonds. The molecular weight excluding hydrogens is 496 g/mol. The number of amides is 1. The maximum Gasteiger partial charge on any atom is 0.338 e. The zero-order chi connectivity index (χ0) is 27.1. The van der Waals surface area contributed by atoms with Gasteiger partial charge in [-0.05, 0) is 56.7 Å². The summed E-state index contributed by atoms with van der Waals surface area (Å²) in [6, 6.07) is 13.1. The van der Waals surface area contributed by atoms with Crippen molar-refractivity contribution in [1.82, 2.24) is 14.9 Å². The largest absolute Gasteiger partial charge is 0.462 e. The highest BCUT2D eigenvalue weighted by atomic mass is 35.5. The maximum absolute atomic E-state index is 13.4. The molecule has 0 saturated carbocycles. The highest BCUT2D eigenvalue weighted by Gasteiger charge is 2.21. The molecule has 0 bridgehead atoms. The Labute approximate surface area is 219 Å². The van der Waals surface area contributed by atoms with E-state index in [4.69, 9.17) is 27.3 Å². The lowest BCUT2D eigenvalue weighted by Crippen LogP contribution is -2.35. The number of hydrogen-bond acceptors (Lipinski definition) is 8. The Bertz CT molecular complexity index is 1410. The lowest BCUT2D eigenvalue weighted by atomic mass is 10.1.